The molecule has 0 spiro atoms. The van der Waals surface area contributed by atoms with Crippen LogP contribution in [0.25, 0.3) is 0 Å². The number of hydrogen-bond acceptors (Lipinski definition) is 4. The van der Waals surface area contributed by atoms with Gasteiger partial charge >= 0.3 is 0 Å². The lowest BCUT2D eigenvalue weighted by molar-refractivity contribution is -0.0623. The fourth-order valence-electron chi connectivity index (χ4n) is 5.09. The van der Waals surface area contributed by atoms with E-state index in [4.69, 9.17) is 0 Å². The fourth-order valence-corrected chi connectivity index (χ4v) is 5.09. The third-order valence-corrected chi connectivity index (χ3v) is 6.17. The number of likely N-dealkylation sites (tertiary alicyclic amines) is 1. The highest BCUT2D eigenvalue weighted by molar-refractivity contribution is 5.07. The normalized spacial score (nSPS) is 44.4. The first-order valence-corrected chi connectivity index (χ1v) is 8.88. The Labute approximate surface area is 129 Å². The second kappa shape index (κ2) is 5.80. The molecule has 3 rings (SSSR count). The van der Waals surface area contributed by atoms with Crippen molar-refractivity contribution in [1.29, 1.82) is 0 Å². The van der Waals surface area contributed by atoms with Gasteiger partial charge in [-0.3, -0.25) is 10.2 Å². The molecule has 3 aliphatic rings. The minimum absolute atomic E-state index is 0.318. The van der Waals surface area contributed by atoms with Gasteiger partial charge in [0, 0.05) is 31.2 Å². The molecule has 1 saturated carbocycles. The SMILES string of the molecule is CCCC1C(C)NCNC1N1CC2CCC2C1C(C)(C)O. The van der Waals surface area contributed by atoms with Crippen molar-refractivity contribution in [3.05, 3.63) is 0 Å². The zero-order valence-electron chi connectivity index (χ0n) is 14.1. The first-order chi connectivity index (χ1) is 9.93. The molecule has 0 radical (unpaired) electrons. The van der Waals surface area contributed by atoms with Crippen molar-refractivity contribution in [2.45, 2.75) is 77.2 Å². The third kappa shape index (κ3) is 2.76. The molecule has 2 aliphatic heterocycles. The number of nitrogens with one attached hydrogen (secondary N) is 2. The summed E-state index contributed by atoms with van der Waals surface area (Å²) in [6.07, 6.45) is 5.55. The predicted octanol–water partition coefficient (Wildman–Crippen LogP) is 1.75. The van der Waals surface area contributed by atoms with Crippen molar-refractivity contribution in [1.82, 2.24) is 15.5 Å². The van der Waals surface area contributed by atoms with Gasteiger partial charge in [-0.1, -0.05) is 13.3 Å². The van der Waals surface area contributed by atoms with Crippen LogP contribution >= 0.6 is 0 Å². The number of nitrogens with zero attached hydrogens (tertiary/aromatic N) is 1. The molecule has 1 aliphatic carbocycles. The highest BCUT2D eigenvalue weighted by Crippen LogP contribution is 2.49. The van der Waals surface area contributed by atoms with Gasteiger partial charge in [0.15, 0.2) is 0 Å². The van der Waals surface area contributed by atoms with Crippen LogP contribution in [0.4, 0.5) is 0 Å². The molecule has 122 valence electrons. The van der Waals surface area contributed by atoms with Crippen molar-refractivity contribution >= 4 is 0 Å². The Kier molecular flexibility index (Phi) is 4.34. The molecule has 0 amide bonds. The standard InChI is InChI=1S/C17H33N3O/c1-5-6-13-11(2)18-10-19-16(13)20-9-12-7-8-14(12)15(20)17(3,4)21/h11-16,18-19,21H,5-10H2,1-4H3. The van der Waals surface area contributed by atoms with Crippen LogP contribution in [0.3, 0.4) is 0 Å². The summed E-state index contributed by atoms with van der Waals surface area (Å²) in [4.78, 5) is 2.62. The summed E-state index contributed by atoms with van der Waals surface area (Å²) in [7, 11) is 0. The van der Waals surface area contributed by atoms with Crippen LogP contribution < -0.4 is 10.6 Å². The lowest BCUT2D eigenvalue weighted by Gasteiger charge is -2.48. The molecule has 3 fully saturated rings. The molecule has 6 atom stereocenters. The largest absolute Gasteiger partial charge is 0.389 e. The van der Waals surface area contributed by atoms with E-state index in [0.29, 0.717) is 30.1 Å². The van der Waals surface area contributed by atoms with Crippen LogP contribution in [-0.2, 0) is 0 Å². The summed E-state index contributed by atoms with van der Waals surface area (Å²) < 4.78 is 0. The molecule has 0 aromatic heterocycles. The van der Waals surface area contributed by atoms with Crippen LogP contribution in [0, 0.1) is 17.8 Å². The second-order valence-corrected chi connectivity index (χ2v) is 8.07. The van der Waals surface area contributed by atoms with Gasteiger partial charge in [0.1, 0.15) is 0 Å². The minimum atomic E-state index is -0.605. The highest BCUT2D eigenvalue weighted by atomic mass is 16.3. The molecule has 2 saturated heterocycles. The molecule has 0 aromatic carbocycles. The molecular weight excluding hydrogens is 262 g/mol. The smallest absolute Gasteiger partial charge is 0.0749 e. The predicted molar refractivity (Wildman–Crippen MR) is 85.8 cm³/mol. The van der Waals surface area contributed by atoms with Gasteiger partial charge < -0.3 is 10.4 Å². The Balaban J connectivity index is 1.82. The van der Waals surface area contributed by atoms with Gasteiger partial charge in [-0.2, -0.15) is 0 Å². The maximum atomic E-state index is 10.7. The van der Waals surface area contributed by atoms with Crippen LogP contribution in [-0.4, -0.2) is 47.1 Å². The van der Waals surface area contributed by atoms with E-state index in [1.807, 2.05) is 13.8 Å². The summed E-state index contributed by atoms with van der Waals surface area (Å²) in [6.45, 7) is 10.7. The minimum Gasteiger partial charge on any atom is -0.389 e. The van der Waals surface area contributed by atoms with Crippen LogP contribution in [0.1, 0.15) is 53.4 Å². The molecule has 21 heavy (non-hydrogen) atoms. The quantitative estimate of drug-likeness (QED) is 0.739. The fraction of sp³-hybridized carbons (Fsp3) is 1.00. The van der Waals surface area contributed by atoms with Gasteiger partial charge in [0.2, 0.25) is 0 Å². The van der Waals surface area contributed by atoms with E-state index in [1.54, 1.807) is 0 Å². The Morgan fingerprint density at radius 1 is 1.24 bits per heavy atom. The lowest BCUT2D eigenvalue weighted by Crippen LogP contribution is -2.66. The van der Waals surface area contributed by atoms with Gasteiger partial charge in [-0.25, -0.2) is 0 Å². The van der Waals surface area contributed by atoms with Gasteiger partial charge in [0.05, 0.1) is 11.8 Å². The summed E-state index contributed by atoms with van der Waals surface area (Å²) in [6, 6.07) is 0.871. The summed E-state index contributed by atoms with van der Waals surface area (Å²) in [5.74, 6) is 2.15. The van der Waals surface area contributed by atoms with Gasteiger partial charge in [0.25, 0.3) is 0 Å². The maximum absolute atomic E-state index is 10.7. The van der Waals surface area contributed by atoms with E-state index < -0.39 is 5.60 Å². The average molecular weight is 295 g/mol. The van der Waals surface area contributed by atoms with Crippen molar-refractivity contribution in [2.24, 2.45) is 17.8 Å². The van der Waals surface area contributed by atoms with Crippen molar-refractivity contribution in [3.8, 4) is 0 Å². The third-order valence-electron chi connectivity index (χ3n) is 6.17. The molecule has 4 nitrogen and oxygen atoms in total. The van der Waals surface area contributed by atoms with Crippen LogP contribution in [0.2, 0.25) is 0 Å². The Morgan fingerprint density at radius 2 is 2.00 bits per heavy atom. The molecular formula is C17H33N3O. The Hall–Kier alpha value is -0.160. The number of aliphatic hydroxyl groups is 1. The zero-order chi connectivity index (χ0) is 15.2. The maximum Gasteiger partial charge on any atom is 0.0749 e. The van der Waals surface area contributed by atoms with E-state index in [2.05, 4.69) is 29.4 Å². The van der Waals surface area contributed by atoms with E-state index in [-0.39, 0.29) is 0 Å². The van der Waals surface area contributed by atoms with Crippen molar-refractivity contribution < 1.29 is 5.11 Å². The molecule has 6 unspecified atom stereocenters. The van der Waals surface area contributed by atoms with E-state index >= 15 is 0 Å². The summed E-state index contributed by atoms with van der Waals surface area (Å²) in [5, 5.41) is 18.0. The lowest BCUT2D eigenvalue weighted by atomic mass is 9.69. The Bertz CT molecular complexity index is 368. The number of hydrogen-bond donors (Lipinski definition) is 3. The van der Waals surface area contributed by atoms with Crippen LogP contribution in [0.15, 0.2) is 0 Å². The van der Waals surface area contributed by atoms with Crippen molar-refractivity contribution in [3.63, 3.8) is 0 Å². The second-order valence-electron chi connectivity index (χ2n) is 8.07. The van der Waals surface area contributed by atoms with Crippen LogP contribution in [0.5, 0.6) is 0 Å². The van der Waals surface area contributed by atoms with E-state index in [0.717, 1.165) is 12.6 Å². The molecule has 4 heteroatoms. The topological polar surface area (TPSA) is 47.5 Å². The average Bonchev–Trinajstić information content (AvgIpc) is 2.64. The Morgan fingerprint density at radius 3 is 2.57 bits per heavy atom. The van der Waals surface area contributed by atoms with E-state index in [9.17, 15) is 5.11 Å². The molecule has 3 N–H and O–H groups in total. The first-order valence-electron chi connectivity index (χ1n) is 8.88. The van der Waals surface area contributed by atoms with Crippen molar-refractivity contribution in [2.75, 3.05) is 13.2 Å². The summed E-state index contributed by atoms with van der Waals surface area (Å²) >= 11 is 0. The molecule has 2 heterocycles. The number of rotatable bonds is 4. The van der Waals surface area contributed by atoms with Gasteiger partial charge in [-0.15, -0.1) is 0 Å². The monoisotopic (exact) mass is 295 g/mol. The molecule has 0 bridgehead atoms. The zero-order valence-corrected chi connectivity index (χ0v) is 14.1. The summed E-state index contributed by atoms with van der Waals surface area (Å²) in [5.41, 5.74) is -0.605. The first kappa shape index (κ1) is 15.7. The molecule has 0 aromatic rings. The van der Waals surface area contributed by atoms with Gasteiger partial charge in [-0.05, 0) is 51.9 Å². The van der Waals surface area contributed by atoms with E-state index in [1.165, 1.54) is 32.2 Å². The number of fused-ring (bicyclic) bond motifs is 1. The highest BCUT2D eigenvalue weighted by Gasteiger charge is 2.55.